The molecule has 0 bridgehead atoms. The van der Waals surface area contributed by atoms with Crippen LogP contribution in [0, 0.1) is 19.7 Å². The molecule has 0 aliphatic rings. The molecule has 26 heavy (non-hydrogen) atoms. The van der Waals surface area contributed by atoms with Gasteiger partial charge in [-0.05, 0) is 49.2 Å². The van der Waals surface area contributed by atoms with Crippen LogP contribution in [0.1, 0.15) is 11.1 Å². The van der Waals surface area contributed by atoms with E-state index >= 15 is 0 Å². The van der Waals surface area contributed by atoms with Gasteiger partial charge in [0.25, 0.3) is 0 Å². The number of fused-ring (bicyclic) bond motifs is 1. The van der Waals surface area contributed by atoms with Gasteiger partial charge in [0, 0.05) is 11.3 Å². The maximum atomic E-state index is 14.5. The number of nitrogens with two attached hydrogens (primary N) is 1. The van der Waals surface area contributed by atoms with Gasteiger partial charge in [-0.1, -0.05) is 36.4 Å². The fourth-order valence-corrected chi connectivity index (χ4v) is 3.20. The van der Waals surface area contributed by atoms with E-state index < -0.39 is 0 Å². The molecule has 130 valence electrons. The van der Waals surface area contributed by atoms with Gasteiger partial charge in [-0.25, -0.2) is 9.37 Å². The third kappa shape index (κ3) is 2.58. The van der Waals surface area contributed by atoms with Crippen molar-refractivity contribution in [2.75, 3.05) is 11.1 Å². The van der Waals surface area contributed by atoms with Gasteiger partial charge < -0.3 is 11.1 Å². The largest absolute Gasteiger partial charge is 0.385 e. The van der Waals surface area contributed by atoms with Crippen LogP contribution in [0.2, 0.25) is 0 Å². The molecule has 0 aliphatic heterocycles. The number of benzene rings is 2. The highest BCUT2D eigenvalue weighted by Gasteiger charge is 2.19. The molecule has 2 aromatic carbocycles. The molecule has 0 spiro atoms. The molecular weight excluding hydrogens is 327 g/mol. The molecule has 0 saturated carbocycles. The van der Waals surface area contributed by atoms with Crippen molar-refractivity contribution < 1.29 is 4.39 Å². The van der Waals surface area contributed by atoms with E-state index in [1.807, 2.05) is 48.6 Å². The molecular formula is C21H19FN4. The molecule has 3 N–H and O–H groups in total. The topological polar surface area (TPSA) is 55.3 Å². The molecule has 0 fully saturated rings. The monoisotopic (exact) mass is 346 g/mol. The third-order valence-corrected chi connectivity index (χ3v) is 4.53. The van der Waals surface area contributed by atoms with E-state index in [-0.39, 0.29) is 5.82 Å². The van der Waals surface area contributed by atoms with E-state index in [0.29, 0.717) is 28.5 Å². The fourth-order valence-electron chi connectivity index (χ4n) is 3.20. The molecule has 2 heterocycles. The summed E-state index contributed by atoms with van der Waals surface area (Å²) in [4.78, 5) is 4.64. The quantitative estimate of drug-likeness (QED) is 0.544. The number of para-hydroxylation sites is 1. The van der Waals surface area contributed by atoms with Crippen molar-refractivity contribution in [1.82, 2.24) is 9.38 Å². The first-order valence-electron chi connectivity index (χ1n) is 8.41. The van der Waals surface area contributed by atoms with Gasteiger partial charge in [-0.2, -0.15) is 0 Å². The third-order valence-electron chi connectivity index (χ3n) is 4.53. The molecule has 0 unspecified atom stereocenters. The minimum absolute atomic E-state index is 0.320. The molecule has 5 heteroatoms. The minimum Gasteiger partial charge on any atom is -0.385 e. The second-order valence-corrected chi connectivity index (χ2v) is 6.32. The molecule has 2 aromatic heterocycles. The lowest BCUT2D eigenvalue weighted by molar-refractivity contribution is 0.631. The Morgan fingerprint density at radius 3 is 2.35 bits per heavy atom. The minimum atomic E-state index is -0.320. The smallest absolute Gasteiger partial charge is 0.145 e. The van der Waals surface area contributed by atoms with Gasteiger partial charge in [0.2, 0.25) is 0 Å². The van der Waals surface area contributed by atoms with Crippen LogP contribution in [0.5, 0.6) is 0 Å². The van der Waals surface area contributed by atoms with Crippen molar-refractivity contribution in [2.24, 2.45) is 0 Å². The van der Waals surface area contributed by atoms with Crippen LogP contribution < -0.4 is 11.1 Å². The van der Waals surface area contributed by atoms with Crippen LogP contribution >= 0.6 is 0 Å². The summed E-state index contributed by atoms with van der Waals surface area (Å²) in [5.74, 6) is 0.867. The zero-order valence-corrected chi connectivity index (χ0v) is 14.6. The molecule has 0 saturated heterocycles. The summed E-state index contributed by atoms with van der Waals surface area (Å²) in [5, 5.41) is 3.45. The van der Waals surface area contributed by atoms with E-state index in [1.165, 1.54) is 6.07 Å². The van der Waals surface area contributed by atoms with E-state index in [4.69, 9.17) is 5.73 Å². The van der Waals surface area contributed by atoms with Gasteiger partial charge in [0.05, 0.1) is 0 Å². The number of anilines is 3. The summed E-state index contributed by atoms with van der Waals surface area (Å²) in [6.07, 6.45) is 0. The summed E-state index contributed by atoms with van der Waals surface area (Å²) in [7, 11) is 0. The number of halogens is 1. The zero-order valence-electron chi connectivity index (χ0n) is 14.6. The molecule has 0 aliphatic carbocycles. The number of rotatable bonds is 3. The van der Waals surface area contributed by atoms with Crippen molar-refractivity contribution >= 4 is 23.0 Å². The highest BCUT2D eigenvalue weighted by atomic mass is 19.1. The predicted octanol–water partition coefficient (Wildman–Crippen LogP) is 5.08. The number of nitrogens with zero attached hydrogens (tertiary/aromatic N) is 2. The summed E-state index contributed by atoms with van der Waals surface area (Å²) in [6, 6.07) is 18.2. The first-order chi connectivity index (χ1) is 12.6. The number of aryl methyl sites for hydroxylation is 2. The maximum Gasteiger partial charge on any atom is 0.145 e. The lowest BCUT2D eigenvalue weighted by Crippen LogP contribution is -2.04. The van der Waals surface area contributed by atoms with Crippen molar-refractivity contribution in [1.29, 1.82) is 0 Å². The maximum absolute atomic E-state index is 14.5. The van der Waals surface area contributed by atoms with Gasteiger partial charge in [-0.15, -0.1) is 0 Å². The van der Waals surface area contributed by atoms with Crippen molar-refractivity contribution in [3.8, 4) is 11.3 Å². The normalized spacial score (nSPS) is 11.0. The predicted molar refractivity (Wildman–Crippen MR) is 104 cm³/mol. The number of hydrogen-bond donors (Lipinski definition) is 2. The molecule has 0 atom stereocenters. The van der Waals surface area contributed by atoms with E-state index in [0.717, 1.165) is 16.8 Å². The summed E-state index contributed by atoms with van der Waals surface area (Å²) >= 11 is 0. The Morgan fingerprint density at radius 2 is 1.62 bits per heavy atom. The van der Waals surface area contributed by atoms with Gasteiger partial charge in [0.1, 0.15) is 28.8 Å². The average Bonchev–Trinajstić information content (AvgIpc) is 2.98. The number of aromatic nitrogens is 2. The van der Waals surface area contributed by atoms with Gasteiger partial charge in [0.15, 0.2) is 0 Å². The van der Waals surface area contributed by atoms with Crippen LogP contribution in [0.25, 0.3) is 16.9 Å². The number of nitrogens with one attached hydrogen (secondary N) is 1. The lowest BCUT2D eigenvalue weighted by Gasteiger charge is -2.15. The van der Waals surface area contributed by atoms with Crippen LogP contribution in [-0.4, -0.2) is 9.38 Å². The number of imidazole rings is 1. The van der Waals surface area contributed by atoms with Crippen LogP contribution in [0.4, 0.5) is 21.7 Å². The average molecular weight is 346 g/mol. The van der Waals surface area contributed by atoms with Crippen LogP contribution in [0.3, 0.4) is 0 Å². The molecule has 4 rings (SSSR count). The van der Waals surface area contributed by atoms with Gasteiger partial charge in [-0.3, -0.25) is 4.40 Å². The second kappa shape index (κ2) is 6.19. The van der Waals surface area contributed by atoms with Gasteiger partial charge >= 0.3 is 0 Å². The molecule has 4 nitrogen and oxygen atoms in total. The Labute approximate surface area is 151 Å². The highest BCUT2D eigenvalue weighted by Crippen LogP contribution is 2.35. The molecule has 0 radical (unpaired) electrons. The first kappa shape index (κ1) is 16.1. The van der Waals surface area contributed by atoms with E-state index in [9.17, 15) is 4.39 Å². The van der Waals surface area contributed by atoms with E-state index in [2.05, 4.69) is 10.3 Å². The van der Waals surface area contributed by atoms with Crippen molar-refractivity contribution in [2.45, 2.75) is 13.8 Å². The number of pyridine rings is 1. The summed E-state index contributed by atoms with van der Waals surface area (Å²) in [5.41, 5.74) is 11.0. The fraction of sp³-hybridized carbons (Fsp3) is 0.0952. The molecule has 0 amide bonds. The Hall–Kier alpha value is -3.34. The second-order valence-electron chi connectivity index (χ2n) is 6.32. The Kier molecular flexibility index (Phi) is 3.84. The molecule has 4 aromatic rings. The zero-order chi connectivity index (χ0) is 18.3. The summed E-state index contributed by atoms with van der Waals surface area (Å²) in [6.45, 7) is 4.06. The summed E-state index contributed by atoms with van der Waals surface area (Å²) < 4.78 is 16.3. The SMILES string of the molecule is Cc1cccc(C)c1Nc1c(-c2ccccc2F)nc2cccc(N)n12. The van der Waals surface area contributed by atoms with Crippen molar-refractivity contribution in [3.63, 3.8) is 0 Å². The Balaban J connectivity index is 2.00. The highest BCUT2D eigenvalue weighted by molar-refractivity contribution is 5.82. The number of hydrogen-bond acceptors (Lipinski definition) is 3. The Morgan fingerprint density at radius 1 is 0.923 bits per heavy atom. The van der Waals surface area contributed by atoms with Crippen LogP contribution in [0.15, 0.2) is 60.7 Å². The Bertz CT molecular complexity index is 1090. The number of nitrogen functional groups attached to an aromatic ring is 1. The van der Waals surface area contributed by atoms with E-state index in [1.54, 1.807) is 24.3 Å². The van der Waals surface area contributed by atoms with Crippen LogP contribution in [-0.2, 0) is 0 Å². The first-order valence-corrected chi connectivity index (χ1v) is 8.41. The standard InChI is InChI=1S/C21H19FN4/c1-13-7-5-8-14(2)19(13)25-21-20(15-9-3-4-10-16(15)22)24-18-12-6-11-17(23)26(18)21/h3-12,25H,23H2,1-2H3. The van der Waals surface area contributed by atoms with Crippen molar-refractivity contribution in [3.05, 3.63) is 77.6 Å². The lowest BCUT2D eigenvalue weighted by atomic mass is 10.1.